The summed E-state index contributed by atoms with van der Waals surface area (Å²) in [5, 5.41) is 0.682. The summed E-state index contributed by atoms with van der Waals surface area (Å²) >= 11 is 7.68. The molecule has 1 aromatic carbocycles. The first-order valence-corrected chi connectivity index (χ1v) is 6.23. The molecular formula is C11H12ClFS. The zero-order valence-corrected chi connectivity index (χ0v) is 9.37. The predicted molar refractivity (Wildman–Crippen MR) is 60.9 cm³/mol. The molecule has 1 heterocycles. The van der Waals surface area contributed by atoms with Gasteiger partial charge in [0.1, 0.15) is 5.67 Å². The van der Waals surface area contributed by atoms with Gasteiger partial charge in [0.2, 0.25) is 0 Å². The molecule has 1 unspecified atom stereocenters. The van der Waals surface area contributed by atoms with Gasteiger partial charge in [-0.15, -0.1) is 0 Å². The summed E-state index contributed by atoms with van der Waals surface area (Å²) < 4.78 is 14.1. The summed E-state index contributed by atoms with van der Waals surface area (Å²) in [6, 6.07) is 7.52. The average molecular weight is 231 g/mol. The van der Waals surface area contributed by atoms with Crippen LogP contribution in [0.2, 0.25) is 5.02 Å². The van der Waals surface area contributed by atoms with E-state index in [1.807, 2.05) is 24.3 Å². The highest BCUT2D eigenvalue weighted by molar-refractivity contribution is 7.99. The van der Waals surface area contributed by atoms with Crippen molar-refractivity contribution in [1.29, 1.82) is 0 Å². The number of halogens is 2. The largest absolute Gasteiger partial charge is 0.243 e. The molecule has 3 heteroatoms. The minimum atomic E-state index is -1.03. The van der Waals surface area contributed by atoms with Crippen molar-refractivity contribution < 1.29 is 4.39 Å². The van der Waals surface area contributed by atoms with Crippen molar-refractivity contribution in [3.8, 4) is 0 Å². The van der Waals surface area contributed by atoms with Crippen LogP contribution in [0, 0.1) is 0 Å². The lowest BCUT2D eigenvalue weighted by molar-refractivity contribution is 0.199. The van der Waals surface area contributed by atoms with Gasteiger partial charge in [0.05, 0.1) is 0 Å². The first kappa shape index (κ1) is 10.3. The molecule has 0 spiro atoms. The van der Waals surface area contributed by atoms with Crippen molar-refractivity contribution in [1.82, 2.24) is 0 Å². The van der Waals surface area contributed by atoms with Crippen molar-refractivity contribution >= 4 is 23.4 Å². The molecule has 14 heavy (non-hydrogen) atoms. The number of benzene rings is 1. The summed E-state index contributed by atoms with van der Waals surface area (Å²) in [6.07, 6.45) is 1.11. The van der Waals surface area contributed by atoms with Gasteiger partial charge in [0, 0.05) is 17.2 Å². The lowest BCUT2D eigenvalue weighted by atomic mass is 9.96. The number of thioether (sulfide) groups is 1. The molecule has 2 rings (SSSR count). The van der Waals surface area contributed by atoms with Crippen LogP contribution in [0.4, 0.5) is 4.39 Å². The zero-order chi connectivity index (χ0) is 10.0. The van der Waals surface area contributed by atoms with Crippen LogP contribution in [0.3, 0.4) is 0 Å². The Morgan fingerprint density at radius 3 is 2.86 bits per heavy atom. The predicted octanol–water partition coefficient (Wildman–Crippen LogP) is 3.73. The summed E-state index contributed by atoms with van der Waals surface area (Å²) in [4.78, 5) is 0. The molecule has 1 saturated heterocycles. The Morgan fingerprint density at radius 1 is 1.43 bits per heavy atom. The van der Waals surface area contributed by atoms with E-state index in [0.717, 1.165) is 11.3 Å². The third-order valence-electron chi connectivity index (χ3n) is 2.52. The fourth-order valence-electron chi connectivity index (χ4n) is 1.70. The van der Waals surface area contributed by atoms with Crippen molar-refractivity contribution in [3.63, 3.8) is 0 Å². The highest BCUT2D eigenvalue weighted by Crippen LogP contribution is 2.35. The molecule has 0 aromatic heterocycles. The Bertz CT molecular complexity index is 321. The van der Waals surface area contributed by atoms with Gasteiger partial charge in [-0.2, -0.15) is 11.8 Å². The molecule has 0 nitrogen and oxygen atoms in total. The van der Waals surface area contributed by atoms with Crippen LogP contribution < -0.4 is 0 Å². The minimum Gasteiger partial charge on any atom is -0.243 e. The van der Waals surface area contributed by atoms with Crippen LogP contribution in [0.15, 0.2) is 24.3 Å². The van der Waals surface area contributed by atoms with E-state index in [2.05, 4.69) is 0 Å². The molecule has 0 saturated carbocycles. The van der Waals surface area contributed by atoms with Crippen LogP contribution in [-0.2, 0) is 6.42 Å². The Morgan fingerprint density at radius 2 is 2.21 bits per heavy atom. The molecule has 76 valence electrons. The molecule has 1 fully saturated rings. The van der Waals surface area contributed by atoms with Crippen molar-refractivity contribution in [2.24, 2.45) is 0 Å². The van der Waals surface area contributed by atoms with Gasteiger partial charge < -0.3 is 0 Å². The van der Waals surface area contributed by atoms with E-state index >= 15 is 0 Å². The van der Waals surface area contributed by atoms with Gasteiger partial charge >= 0.3 is 0 Å². The summed E-state index contributed by atoms with van der Waals surface area (Å²) in [7, 11) is 0. The molecule has 0 N–H and O–H groups in total. The van der Waals surface area contributed by atoms with Gasteiger partial charge in [-0.25, -0.2) is 4.39 Å². The normalized spacial score (nSPS) is 26.7. The quantitative estimate of drug-likeness (QED) is 0.746. The van der Waals surface area contributed by atoms with E-state index in [9.17, 15) is 4.39 Å². The van der Waals surface area contributed by atoms with Gasteiger partial charge in [-0.3, -0.25) is 0 Å². The monoisotopic (exact) mass is 230 g/mol. The highest BCUT2D eigenvalue weighted by Gasteiger charge is 2.34. The van der Waals surface area contributed by atoms with E-state index in [-0.39, 0.29) is 0 Å². The van der Waals surface area contributed by atoms with Crippen LogP contribution in [-0.4, -0.2) is 17.2 Å². The summed E-state index contributed by atoms with van der Waals surface area (Å²) in [6.45, 7) is 0. The topological polar surface area (TPSA) is 0 Å². The fourth-order valence-corrected chi connectivity index (χ4v) is 3.17. The molecular weight excluding hydrogens is 219 g/mol. The number of rotatable bonds is 2. The van der Waals surface area contributed by atoms with Crippen LogP contribution in [0.25, 0.3) is 0 Å². The smallest absolute Gasteiger partial charge is 0.124 e. The second-order valence-corrected chi connectivity index (χ2v) is 5.23. The van der Waals surface area contributed by atoms with E-state index < -0.39 is 5.67 Å². The van der Waals surface area contributed by atoms with Crippen molar-refractivity contribution in [2.45, 2.75) is 18.5 Å². The second-order valence-electron chi connectivity index (χ2n) is 3.72. The molecule has 1 aliphatic rings. The van der Waals surface area contributed by atoms with Crippen molar-refractivity contribution in [3.05, 3.63) is 34.9 Å². The molecule has 0 amide bonds. The molecule has 1 atom stereocenters. The molecule has 1 aromatic rings. The van der Waals surface area contributed by atoms with Gasteiger partial charge in [0.15, 0.2) is 0 Å². The molecule has 0 radical (unpaired) electrons. The third kappa shape index (κ3) is 2.23. The Kier molecular flexibility index (Phi) is 3.03. The summed E-state index contributed by atoms with van der Waals surface area (Å²) in [5.74, 6) is 1.54. The highest BCUT2D eigenvalue weighted by atomic mass is 35.5. The standard InChI is InChI=1S/C11H12ClFS/c12-10-4-2-1-3-9(10)7-11(13)5-6-14-8-11/h1-4H,5-8H2. The molecule has 0 bridgehead atoms. The number of alkyl halides is 1. The fraction of sp³-hybridized carbons (Fsp3) is 0.455. The Labute approximate surface area is 92.8 Å². The lowest BCUT2D eigenvalue weighted by Gasteiger charge is -2.18. The Hall–Kier alpha value is -0.210. The first-order chi connectivity index (χ1) is 6.70. The second kappa shape index (κ2) is 4.11. The third-order valence-corrected chi connectivity index (χ3v) is 4.10. The minimum absolute atomic E-state index is 0.458. The average Bonchev–Trinajstić information content (AvgIpc) is 2.57. The number of hydrogen-bond donors (Lipinski definition) is 0. The Balaban J connectivity index is 2.14. The number of hydrogen-bond acceptors (Lipinski definition) is 1. The van der Waals surface area contributed by atoms with Crippen molar-refractivity contribution in [2.75, 3.05) is 11.5 Å². The summed E-state index contributed by atoms with van der Waals surface area (Å²) in [5.41, 5.74) is -0.102. The van der Waals surface area contributed by atoms with Gasteiger partial charge in [0.25, 0.3) is 0 Å². The van der Waals surface area contributed by atoms with Gasteiger partial charge in [-0.1, -0.05) is 29.8 Å². The van der Waals surface area contributed by atoms with E-state index in [1.165, 1.54) is 0 Å². The van der Waals surface area contributed by atoms with E-state index in [0.29, 0.717) is 23.6 Å². The molecule has 1 aliphatic heterocycles. The zero-order valence-electron chi connectivity index (χ0n) is 7.80. The van der Waals surface area contributed by atoms with Crippen LogP contribution in [0.1, 0.15) is 12.0 Å². The molecule has 0 aliphatic carbocycles. The maximum absolute atomic E-state index is 14.1. The lowest BCUT2D eigenvalue weighted by Crippen LogP contribution is -2.25. The van der Waals surface area contributed by atoms with Gasteiger partial charge in [-0.05, 0) is 23.8 Å². The van der Waals surface area contributed by atoms with E-state index in [1.54, 1.807) is 11.8 Å². The first-order valence-electron chi connectivity index (χ1n) is 4.70. The maximum Gasteiger partial charge on any atom is 0.124 e. The maximum atomic E-state index is 14.1. The van der Waals surface area contributed by atoms with Crippen LogP contribution >= 0.6 is 23.4 Å². The van der Waals surface area contributed by atoms with E-state index in [4.69, 9.17) is 11.6 Å². The SMILES string of the molecule is FC1(Cc2ccccc2Cl)CCSC1. The van der Waals surface area contributed by atoms with Crippen LogP contribution in [0.5, 0.6) is 0 Å².